The van der Waals surface area contributed by atoms with Crippen LogP contribution in [0.2, 0.25) is 0 Å². The fourth-order valence-corrected chi connectivity index (χ4v) is 1.90. The van der Waals surface area contributed by atoms with E-state index in [-0.39, 0.29) is 0 Å². The monoisotopic (exact) mass is 355 g/mol. The summed E-state index contributed by atoms with van der Waals surface area (Å²) in [5, 5.41) is 3.47. The molecule has 1 aromatic rings. The van der Waals surface area contributed by atoms with Crippen LogP contribution in [0.1, 0.15) is 37.5 Å². The van der Waals surface area contributed by atoms with Crippen LogP contribution in [-0.4, -0.2) is 6.54 Å². The maximum absolute atomic E-state index is 4.87. The van der Waals surface area contributed by atoms with Crippen molar-refractivity contribution in [3.63, 3.8) is 0 Å². The summed E-state index contributed by atoms with van der Waals surface area (Å²) >= 11 is 0. The Balaban J connectivity index is 0.000000631. The molecule has 0 aliphatic carbocycles. The summed E-state index contributed by atoms with van der Waals surface area (Å²) in [5.41, 5.74) is 5.64. The number of anilines is 1. The van der Waals surface area contributed by atoms with E-state index in [2.05, 4.69) is 45.1 Å². The van der Waals surface area contributed by atoms with Gasteiger partial charge in [-0.1, -0.05) is 31.5 Å². The van der Waals surface area contributed by atoms with E-state index in [0.717, 1.165) is 19.4 Å². The van der Waals surface area contributed by atoms with Gasteiger partial charge in [0.2, 0.25) is 0 Å². The molecule has 0 spiro atoms. The van der Waals surface area contributed by atoms with Gasteiger partial charge in [0.05, 0.1) is 0 Å². The van der Waals surface area contributed by atoms with Crippen molar-refractivity contribution in [2.24, 2.45) is 0 Å². The molecular formula is C13H21Cl3CoN. The zero-order valence-electron chi connectivity index (χ0n) is 11.2. The van der Waals surface area contributed by atoms with Gasteiger partial charge in [0, 0.05) is 12.2 Å². The van der Waals surface area contributed by atoms with Gasteiger partial charge in [-0.2, -0.15) is 0 Å². The van der Waals surface area contributed by atoms with Crippen molar-refractivity contribution in [1.29, 1.82) is 0 Å². The Bertz CT molecular complexity index is 328. The van der Waals surface area contributed by atoms with Gasteiger partial charge in [-0.05, 0) is 37.8 Å². The van der Waals surface area contributed by atoms with Gasteiger partial charge < -0.3 is 5.32 Å². The number of nitrogens with one attached hydrogen (secondary N) is 1. The standard InChI is InChI=1S/C13H21N.3ClH.Co/c1-5-11-8-10(4)9-12(6-2)13(11)14-7-3;;;;/h8-9,14H,5-7H2,1-4H3;3*1H;/q;;;;+3/p-3. The molecule has 0 atom stereocenters. The predicted molar refractivity (Wildman–Crippen MR) is 81.7 cm³/mol. The summed E-state index contributed by atoms with van der Waals surface area (Å²) in [7, 11) is 13.4. The van der Waals surface area contributed by atoms with Crippen molar-refractivity contribution in [2.75, 3.05) is 11.9 Å². The molecule has 0 bridgehead atoms. The Hall–Kier alpha value is 0.396. The minimum absolute atomic E-state index is 1.00. The average Bonchev–Trinajstić information content (AvgIpc) is 2.30. The van der Waals surface area contributed by atoms with E-state index >= 15 is 0 Å². The zero-order valence-corrected chi connectivity index (χ0v) is 14.6. The molecule has 1 aromatic carbocycles. The molecule has 0 heterocycles. The van der Waals surface area contributed by atoms with Gasteiger partial charge in [-0.15, -0.1) is 0 Å². The normalized spacial score (nSPS) is 10.5. The molecule has 0 amide bonds. The van der Waals surface area contributed by atoms with Crippen molar-refractivity contribution in [3.8, 4) is 0 Å². The first-order valence-electron chi connectivity index (χ1n) is 5.96. The Kier molecular flexibility index (Phi) is 10.4. The molecule has 0 radical (unpaired) electrons. The Morgan fingerprint density at radius 1 is 1.00 bits per heavy atom. The quantitative estimate of drug-likeness (QED) is 0.738. The molecule has 1 nitrogen and oxygen atoms in total. The van der Waals surface area contributed by atoms with Crippen LogP contribution in [-0.2, 0) is 23.8 Å². The summed E-state index contributed by atoms with van der Waals surface area (Å²) in [6.07, 6.45) is 2.22. The van der Waals surface area contributed by atoms with E-state index in [1.54, 1.807) is 0 Å². The van der Waals surface area contributed by atoms with Crippen LogP contribution < -0.4 is 5.32 Å². The van der Waals surface area contributed by atoms with Crippen molar-refractivity contribution in [2.45, 2.75) is 40.5 Å². The zero-order chi connectivity index (χ0) is 14.1. The van der Waals surface area contributed by atoms with Crippen molar-refractivity contribution in [3.05, 3.63) is 28.8 Å². The van der Waals surface area contributed by atoms with E-state index in [1.807, 2.05) is 0 Å². The number of halogens is 3. The van der Waals surface area contributed by atoms with E-state index in [4.69, 9.17) is 30.4 Å². The molecule has 0 unspecified atom stereocenters. The third kappa shape index (κ3) is 7.10. The van der Waals surface area contributed by atoms with Crippen LogP contribution in [0.5, 0.6) is 0 Å². The molecule has 0 fully saturated rings. The van der Waals surface area contributed by atoms with Crippen LogP contribution in [0.15, 0.2) is 12.1 Å². The maximum atomic E-state index is 4.87. The molecule has 1 rings (SSSR count). The molecule has 0 saturated heterocycles. The van der Waals surface area contributed by atoms with Crippen LogP contribution in [0.4, 0.5) is 5.69 Å². The first-order chi connectivity index (χ1) is 8.46. The van der Waals surface area contributed by atoms with Gasteiger partial charge in [-0.25, -0.2) is 0 Å². The second kappa shape index (κ2) is 10.2. The number of rotatable bonds is 4. The van der Waals surface area contributed by atoms with Crippen LogP contribution in [0, 0.1) is 6.92 Å². The molecule has 0 aromatic heterocycles. The topological polar surface area (TPSA) is 12.0 Å². The summed E-state index contributed by atoms with van der Waals surface area (Å²) in [5.74, 6) is 0. The van der Waals surface area contributed by atoms with Crippen molar-refractivity contribution in [1.82, 2.24) is 0 Å². The molecule has 0 aliphatic rings. The summed E-state index contributed by atoms with van der Waals surface area (Å²) < 4.78 is 0. The molecular weight excluding hydrogens is 335 g/mol. The second-order valence-electron chi connectivity index (χ2n) is 3.84. The Morgan fingerprint density at radius 2 is 1.39 bits per heavy atom. The fraction of sp³-hybridized carbons (Fsp3) is 0.538. The van der Waals surface area contributed by atoms with Gasteiger partial charge in [-0.3, -0.25) is 0 Å². The Morgan fingerprint density at radius 3 is 1.67 bits per heavy atom. The number of hydrogen-bond donors (Lipinski definition) is 1. The molecule has 0 saturated carbocycles. The van der Waals surface area contributed by atoms with E-state index in [9.17, 15) is 0 Å². The fourth-order valence-electron chi connectivity index (χ4n) is 1.90. The first kappa shape index (κ1) is 18.4. The second-order valence-corrected chi connectivity index (χ2v) is 9.00. The van der Waals surface area contributed by atoms with Gasteiger partial charge in [0.15, 0.2) is 0 Å². The molecule has 1 N–H and O–H groups in total. The Labute approximate surface area is 128 Å². The molecule has 18 heavy (non-hydrogen) atoms. The molecule has 5 heteroatoms. The van der Waals surface area contributed by atoms with Gasteiger partial charge in [0.25, 0.3) is 0 Å². The number of benzene rings is 1. The van der Waals surface area contributed by atoms with Crippen LogP contribution in [0.25, 0.3) is 0 Å². The van der Waals surface area contributed by atoms with Crippen molar-refractivity contribution >= 4 is 36.1 Å². The number of hydrogen-bond acceptors (Lipinski definition) is 1. The SMILES string of the molecule is CCNc1c(CC)cc(C)cc1CC.[Cl][Co]([Cl])[Cl]. The molecule has 108 valence electrons. The number of aryl methyl sites for hydroxylation is 3. The third-order valence-electron chi connectivity index (χ3n) is 2.56. The summed E-state index contributed by atoms with van der Waals surface area (Å²) in [6.45, 7) is 9.76. The van der Waals surface area contributed by atoms with E-state index in [1.165, 1.54) is 22.4 Å². The summed E-state index contributed by atoms with van der Waals surface area (Å²) in [4.78, 5) is 0. The van der Waals surface area contributed by atoms with Crippen LogP contribution in [0.3, 0.4) is 0 Å². The van der Waals surface area contributed by atoms with Gasteiger partial charge >= 0.3 is 41.4 Å². The van der Waals surface area contributed by atoms with E-state index in [0.29, 0.717) is 0 Å². The van der Waals surface area contributed by atoms with Crippen LogP contribution >= 0.6 is 30.4 Å². The minimum atomic E-state index is -1.19. The first-order valence-corrected chi connectivity index (χ1v) is 10.3. The molecule has 0 aliphatic heterocycles. The average molecular weight is 357 g/mol. The predicted octanol–water partition coefficient (Wildman–Crippen LogP) is 5.62. The van der Waals surface area contributed by atoms with E-state index < -0.39 is 10.9 Å². The van der Waals surface area contributed by atoms with Crippen molar-refractivity contribution < 1.29 is 10.9 Å². The third-order valence-corrected chi connectivity index (χ3v) is 2.56. The van der Waals surface area contributed by atoms with Gasteiger partial charge in [0.1, 0.15) is 0 Å². The summed E-state index contributed by atoms with van der Waals surface area (Å²) in [6, 6.07) is 4.58.